The summed E-state index contributed by atoms with van der Waals surface area (Å²) in [6, 6.07) is 8.06. The monoisotopic (exact) mass is 508 g/mol. The minimum atomic E-state index is -3.33. The first-order valence-corrected chi connectivity index (χ1v) is 15.2. The van der Waals surface area contributed by atoms with Crippen molar-refractivity contribution < 1.29 is 23.1 Å². The Labute approximate surface area is 214 Å². The van der Waals surface area contributed by atoms with Crippen LogP contribution in [0.3, 0.4) is 0 Å². The van der Waals surface area contributed by atoms with Crippen LogP contribution in [0, 0.1) is 11.8 Å². The molecule has 1 spiro atoms. The second kappa shape index (κ2) is 8.63. The maximum absolute atomic E-state index is 13.4. The number of carbonyl (C=O) groups excluding carboxylic acids is 1. The van der Waals surface area contributed by atoms with Gasteiger partial charge in [0.2, 0.25) is 0 Å². The number of benzene rings is 1. The van der Waals surface area contributed by atoms with E-state index in [1.165, 1.54) is 28.7 Å². The van der Waals surface area contributed by atoms with E-state index in [2.05, 4.69) is 25.6 Å². The van der Waals surface area contributed by atoms with Gasteiger partial charge in [0.15, 0.2) is 5.78 Å². The highest BCUT2D eigenvalue weighted by Gasteiger charge is 2.79. The zero-order valence-corrected chi connectivity index (χ0v) is 22.6. The first-order chi connectivity index (χ1) is 17.3. The fraction of sp³-hybridized carbons (Fsp3) is 0.567. The van der Waals surface area contributed by atoms with Gasteiger partial charge in [-0.1, -0.05) is 24.3 Å². The lowest BCUT2D eigenvalue weighted by Crippen LogP contribution is -2.42. The van der Waals surface area contributed by atoms with E-state index in [-0.39, 0.29) is 22.9 Å². The molecule has 0 amide bonds. The molecule has 5 aliphatic rings. The van der Waals surface area contributed by atoms with Gasteiger partial charge >= 0.3 is 7.60 Å². The van der Waals surface area contributed by atoms with E-state index >= 15 is 0 Å². The first-order valence-electron chi connectivity index (χ1n) is 13.6. The van der Waals surface area contributed by atoms with Crippen LogP contribution in [0.15, 0.2) is 59.2 Å². The van der Waals surface area contributed by atoms with Gasteiger partial charge in [-0.3, -0.25) is 9.36 Å². The molecule has 1 heterocycles. The van der Waals surface area contributed by atoms with E-state index in [0.29, 0.717) is 36.8 Å². The van der Waals surface area contributed by atoms with Crippen LogP contribution in [0.2, 0.25) is 0 Å². The molecule has 6 heteroatoms. The summed E-state index contributed by atoms with van der Waals surface area (Å²) in [5.74, 6) is 1.47. The molecule has 3 fully saturated rings. The molecule has 0 unspecified atom stereocenters. The Morgan fingerprint density at radius 2 is 1.83 bits per heavy atom. The van der Waals surface area contributed by atoms with Crippen molar-refractivity contribution in [3.05, 3.63) is 64.8 Å². The largest absolute Gasteiger partial charge is 0.361 e. The van der Waals surface area contributed by atoms with E-state index in [1.54, 1.807) is 0 Å². The molecule has 1 aliphatic heterocycles. The van der Waals surface area contributed by atoms with Gasteiger partial charge in [0.1, 0.15) is 11.2 Å². The van der Waals surface area contributed by atoms with E-state index in [1.807, 2.05) is 32.1 Å². The number of hydrogen-bond acceptors (Lipinski definition) is 5. The standard InChI is InChI=1S/C30H37O5P/c1-5-33-36(32,34-6-2)23-11-7-20(8-12-23)26-18-30-27(15-16-29(30,35-30)19(3)4)25-13-9-21-17-22(31)10-14-24(21)28(25)26/h7-8,11-12,17,25-27H,3,5-6,9-10,13-16,18H2,1-2,4H3/t25-,26+,27-,29+,30+/m0/s1. The lowest BCUT2D eigenvalue weighted by molar-refractivity contribution is -0.114. The van der Waals surface area contributed by atoms with Crippen molar-refractivity contribution >= 4 is 18.7 Å². The highest BCUT2D eigenvalue weighted by atomic mass is 31.2. The minimum absolute atomic E-state index is 0.130. The summed E-state index contributed by atoms with van der Waals surface area (Å²) in [6.45, 7) is 10.8. The Morgan fingerprint density at radius 1 is 1.11 bits per heavy atom. The van der Waals surface area contributed by atoms with Gasteiger partial charge in [0.05, 0.1) is 18.5 Å². The molecule has 36 heavy (non-hydrogen) atoms. The van der Waals surface area contributed by atoms with Crippen LogP contribution < -0.4 is 5.30 Å². The van der Waals surface area contributed by atoms with Gasteiger partial charge in [-0.25, -0.2) is 0 Å². The highest BCUT2D eigenvalue weighted by molar-refractivity contribution is 7.62. The van der Waals surface area contributed by atoms with Gasteiger partial charge in [-0.2, -0.15) is 0 Å². The summed E-state index contributed by atoms with van der Waals surface area (Å²) in [7, 11) is -3.33. The van der Waals surface area contributed by atoms with Crippen molar-refractivity contribution in [2.75, 3.05) is 13.2 Å². The summed E-state index contributed by atoms with van der Waals surface area (Å²) in [5, 5.41) is 0.600. The Morgan fingerprint density at radius 3 is 2.47 bits per heavy atom. The van der Waals surface area contributed by atoms with Gasteiger partial charge in [0, 0.05) is 12.3 Å². The van der Waals surface area contributed by atoms with Gasteiger partial charge in [-0.05, 0) is 112 Å². The molecule has 0 aromatic heterocycles. The zero-order valence-electron chi connectivity index (χ0n) is 21.7. The molecule has 1 aromatic carbocycles. The van der Waals surface area contributed by atoms with E-state index in [0.717, 1.165) is 37.7 Å². The summed E-state index contributed by atoms with van der Waals surface area (Å²) in [6.07, 6.45) is 8.62. The van der Waals surface area contributed by atoms with Crippen molar-refractivity contribution in [1.29, 1.82) is 0 Å². The number of ether oxygens (including phenoxy) is 1. The fourth-order valence-corrected chi connectivity index (χ4v) is 9.65. The Hall–Kier alpha value is -1.78. The van der Waals surface area contributed by atoms with Crippen LogP contribution in [0.5, 0.6) is 0 Å². The molecular formula is C30H37O5P. The number of ketones is 1. The lowest BCUT2D eigenvalue weighted by Gasteiger charge is -2.46. The van der Waals surface area contributed by atoms with E-state index in [4.69, 9.17) is 13.8 Å². The molecule has 0 bridgehead atoms. The molecule has 0 radical (unpaired) electrons. The normalized spacial score (nSPS) is 34.9. The number of epoxide rings is 1. The van der Waals surface area contributed by atoms with E-state index < -0.39 is 7.60 Å². The molecule has 192 valence electrons. The summed E-state index contributed by atoms with van der Waals surface area (Å²) in [4.78, 5) is 12.2. The lowest BCUT2D eigenvalue weighted by atomic mass is 9.57. The number of allylic oxidation sites excluding steroid dienone is 4. The average molecular weight is 509 g/mol. The second-order valence-electron chi connectivity index (χ2n) is 11.1. The predicted molar refractivity (Wildman–Crippen MR) is 140 cm³/mol. The Bertz CT molecular complexity index is 1220. The van der Waals surface area contributed by atoms with Crippen LogP contribution in [-0.4, -0.2) is 30.2 Å². The van der Waals surface area contributed by atoms with Crippen LogP contribution in [0.1, 0.15) is 77.2 Å². The van der Waals surface area contributed by atoms with Gasteiger partial charge in [0.25, 0.3) is 0 Å². The molecular weight excluding hydrogens is 471 g/mol. The smallest absolute Gasteiger partial charge is 0.357 e. The van der Waals surface area contributed by atoms with Gasteiger partial charge in [-0.15, -0.1) is 0 Å². The third kappa shape index (κ3) is 3.39. The molecule has 5 atom stereocenters. The minimum Gasteiger partial charge on any atom is -0.357 e. The van der Waals surface area contributed by atoms with Crippen LogP contribution in [0.4, 0.5) is 0 Å². The van der Waals surface area contributed by atoms with Gasteiger partial charge < -0.3 is 13.8 Å². The quantitative estimate of drug-likeness (QED) is 0.237. The van der Waals surface area contributed by atoms with Crippen LogP contribution in [0.25, 0.3) is 0 Å². The Balaban J connectivity index is 1.44. The van der Waals surface area contributed by atoms with Crippen molar-refractivity contribution in [1.82, 2.24) is 0 Å². The molecule has 6 rings (SSSR count). The fourth-order valence-electron chi connectivity index (χ4n) is 8.08. The number of hydrogen-bond donors (Lipinski definition) is 0. The van der Waals surface area contributed by atoms with Crippen LogP contribution >= 0.6 is 7.60 Å². The first kappa shape index (κ1) is 24.6. The number of rotatable bonds is 7. The van der Waals surface area contributed by atoms with Crippen molar-refractivity contribution in [3.63, 3.8) is 0 Å². The summed E-state index contributed by atoms with van der Waals surface area (Å²) >= 11 is 0. The molecule has 4 aliphatic carbocycles. The van der Waals surface area contributed by atoms with Crippen molar-refractivity contribution in [2.24, 2.45) is 11.8 Å². The number of fused-ring (bicyclic) bond motifs is 3. The SMILES string of the molecule is C=C(C)[C@]12CC[C@H]3[C@@H]4CCC5=CC(=O)CCC5=C4[C@@H](c4ccc(P(=O)(OCC)OCC)cc4)C[C@@]31O2. The second-order valence-corrected chi connectivity index (χ2v) is 13.2. The molecule has 1 saturated heterocycles. The molecule has 5 nitrogen and oxygen atoms in total. The highest BCUT2D eigenvalue weighted by Crippen LogP contribution is 2.74. The maximum atomic E-state index is 13.4. The topological polar surface area (TPSA) is 65.1 Å². The molecule has 2 saturated carbocycles. The average Bonchev–Trinajstić information content (AvgIpc) is 3.40. The van der Waals surface area contributed by atoms with Crippen LogP contribution in [-0.2, 0) is 23.1 Å². The predicted octanol–water partition coefficient (Wildman–Crippen LogP) is 6.56. The number of carbonyl (C=O) groups is 1. The molecule has 0 N–H and O–H groups in total. The van der Waals surface area contributed by atoms with E-state index in [9.17, 15) is 9.36 Å². The third-order valence-corrected chi connectivity index (χ3v) is 11.6. The van der Waals surface area contributed by atoms with Crippen molar-refractivity contribution in [3.8, 4) is 0 Å². The van der Waals surface area contributed by atoms with Crippen molar-refractivity contribution in [2.45, 2.75) is 82.8 Å². The summed E-state index contributed by atoms with van der Waals surface area (Å²) in [5.41, 5.74) is 6.29. The maximum Gasteiger partial charge on any atom is 0.361 e. The zero-order chi connectivity index (χ0) is 25.3. The summed E-state index contributed by atoms with van der Waals surface area (Å²) < 4.78 is 31.2. The molecule has 1 aromatic rings. The third-order valence-electron chi connectivity index (χ3n) is 9.49. The Kier molecular flexibility index (Phi) is 5.88.